The van der Waals surface area contributed by atoms with Crippen LogP contribution in [0, 0.1) is 5.82 Å². The van der Waals surface area contributed by atoms with Crippen LogP contribution in [0.3, 0.4) is 0 Å². The molecule has 3 rings (SSSR count). The molecule has 2 unspecified atom stereocenters. The van der Waals surface area contributed by atoms with Crippen LogP contribution in [0.2, 0.25) is 0 Å². The van der Waals surface area contributed by atoms with Crippen LogP contribution in [0.4, 0.5) is 10.1 Å². The third-order valence-corrected chi connectivity index (χ3v) is 3.84. The maximum atomic E-state index is 14.6. The molecule has 0 N–H and O–H groups in total. The normalized spacial score (nSPS) is 21.3. The molecule has 6 heteroatoms. The fourth-order valence-corrected chi connectivity index (χ4v) is 2.96. The lowest BCUT2D eigenvalue weighted by molar-refractivity contribution is -0.00527. The van der Waals surface area contributed by atoms with Crippen LogP contribution in [0.15, 0.2) is 30.7 Å². The van der Waals surface area contributed by atoms with Crippen LogP contribution in [0.5, 0.6) is 0 Å². The van der Waals surface area contributed by atoms with E-state index in [2.05, 4.69) is 9.97 Å². The van der Waals surface area contributed by atoms with Gasteiger partial charge in [0, 0.05) is 36.6 Å². The van der Waals surface area contributed by atoms with Crippen LogP contribution in [-0.4, -0.2) is 41.6 Å². The summed E-state index contributed by atoms with van der Waals surface area (Å²) in [5.41, 5.74) is 1.71. The minimum absolute atomic E-state index is 0.0287. The van der Waals surface area contributed by atoms with Gasteiger partial charge in [0.25, 0.3) is 0 Å². The number of anilines is 1. The molecule has 5 nitrogen and oxygen atoms in total. The third kappa shape index (κ3) is 3.22. The summed E-state index contributed by atoms with van der Waals surface area (Å²) < 4.78 is 20.3. The third-order valence-electron chi connectivity index (χ3n) is 3.84. The molecule has 23 heavy (non-hydrogen) atoms. The molecule has 1 aliphatic rings. The smallest absolute Gasteiger partial charge is 0.152 e. The summed E-state index contributed by atoms with van der Waals surface area (Å²) in [7, 11) is 0. The monoisotopic (exact) mass is 315 g/mol. The molecular weight excluding hydrogens is 297 g/mol. The van der Waals surface area contributed by atoms with Crippen molar-refractivity contribution in [3.63, 3.8) is 0 Å². The minimum atomic E-state index is -0.419. The van der Waals surface area contributed by atoms with Crippen molar-refractivity contribution < 1.29 is 13.9 Å². The van der Waals surface area contributed by atoms with Crippen molar-refractivity contribution in [2.75, 3.05) is 18.0 Å². The summed E-state index contributed by atoms with van der Waals surface area (Å²) >= 11 is 0. The van der Waals surface area contributed by atoms with Crippen molar-refractivity contribution in [3.8, 4) is 11.3 Å². The number of benzene rings is 1. The summed E-state index contributed by atoms with van der Waals surface area (Å²) in [5, 5.41) is 0. The van der Waals surface area contributed by atoms with Gasteiger partial charge in [0.2, 0.25) is 0 Å². The van der Waals surface area contributed by atoms with Gasteiger partial charge >= 0.3 is 0 Å². The van der Waals surface area contributed by atoms with E-state index in [0.29, 0.717) is 30.0 Å². The number of hydrogen-bond acceptors (Lipinski definition) is 5. The topological polar surface area (TPSA) is 55.3 Å². The molecule has 0 bridgehead atoms. The van der Waals surface area contributed by atoms with E-state index in [-0.39, 0.29) is 17.8 Å². The summed E-state index contributed by atoms with van der Waals surface area (Å²) in [5.74, 6) is -0.419. The second kappa shape index (κ2) is 6.42. The van der Waals surface area contributed by atoms with Gasteiger partial charge in [0.15, 0.2) is 6.29 Å². The average molecular weight is 315 g/mol. The Bertz CT molecular complexity index is 698. The molecule has 120 valence electrons. The number of halogens is 1. The average Bonchev–Trinajstić information content (AvgIpc) is 2.54. The Kier molecular flexibility index (Phi) is 4.34. The first-order chi connectivity index (χ1) is 11.1. The zero-order valence-corrected chi connectivity index (χ0v) is 13.1. The Morgan fingerprint density at radius 1 is 1.26 bits per heavy atom. The summed E-state index contributed by atoms with van der Waals surface area (Å²) in [6.07, 6.45) is 5.30. The van der Waals surface area contributed by atoms with Gasteiger partial charge in [-0.1, -0.05) is 0 Å². The highest BCUT2D eigenvalue weighted by Gasteiger charge is 2.25. The van der Waals surface area contributed by atoms with Crippen molar-refractivity contribution >= 4 is 12.0 Å². The highest BCUT2D eigenvalue weighted by atomic mass is 19.1. The first kappa shape index (κ1) is 15.6. The number of nitrogens with zero attached hydrogens (tertiary/aromatic N) is 3. The lowest BCUT2D eigenvalue weighted by atomic mass is 10.0. The van der Waals surface area contributed by atoms with E-state index < -0.39 is 5.82 Å². The van der Waals surface area contributed by atoms with Crippen molar-refractivity contribution in [2.24, 2.45) is 0 Å². The maximum absolute atomic E-state index is 14.6. The number of aromatic nitrogens is 2. The highest BCUT2D eigenvalue weighted by Crippen LogP contribution is 2.30. The molecule has 0 amide bonds. The first-order valence-electron chi connectivity index (χ1n) is 7.54. The van der Waals surface area contributed by atoms with Crippen LogP contribution >= 0.6 is 0 Å². The molecule has 1 aliphatic heterocycles. The molecule has 0 aliphatic carbocycles. The van der Waals surface area contributed by atoms with Crippen molar-refractivity contribution in [3.05, 3.63) is 42.1 Å². The summed E-state index contributed by atoms with van der Waals surface area (Å²) in [4.78, 5) is 21.5. The van der Waals surface area contributed by atoms with Crippen molar-refractivity contribution in [1.29, 1.82) is 0 Å². The zero-order chi connectivity index (χ0) is 16.4. The number of morpholine rings is 1. The van der Waals surface area contributed by atoms with Crippen LogP contribution < -0.4 is 4.90 Å². The molecular formula is C17H18FN3O2. The Hall–Kier alpha value is -2.34. The largest absolute Gasteiger partial charge is 0.372 e. The van der Waals surface area contributed by atoms with Crippen LogP contribution in [-0.2, 0) is 4.74 Å². The fourth-order valence-electron chi connectivity index (χ4n) is 2.96. The molecule has 0 spiro atoms. The van der Waals surface area contributed by atoms with Gasteiger partial charge in [-0.05, 0) is 26.0 Å². The van der Waals surface area contributed by atoms with E-state index in [1.807, 2.05) is 18.7 Å². The number of hydrogen-bond donors (Lipinski definition) is 0. The Morgan fingerprint density at radius 3 is 2.61 bits per heavy atom. The van der Waals surface area contributed by atoms with Gasteiger partial charge in [-0.25, -0.2) is 4.39 Å². The second-order valence-corrected chi connectivity index (χ2v) is 5.76. The number of aldehydes is 1. The van der Waals surface area contributed by atoms with Gasteiger partial charge in [0.1, 0.15) is 5.82 Å². The molecule has 1 aromatic heterocycles. The Balaban J connectivity index is 2.02. The molecule has 0 radical (unpaired) electrons. The van der Waals surface area contributed by atoms with E-state index in [0.717, 1.165) is 6.29 Å². The predicted molar refractivity (Wildman–Crippen MR) is 85.0 cm³/mol. The van der Waals surface area contributed by atoms with E-state index in [4.69, 9.17) is 4.74 Å². The Morgan fingerprint density at radius 2 is 2.00 bits per heavy atom. The summed E-state index contributed by atoms with van der Waals surface area (Å²) in [6, 6.07) is 2.94. The maximum Gasteiger partial charge on any atom is 0.152 e. The van der Waals surface area contributed by atoms with E-state index >= 15 is 0 Å². The zero-order valence-electron chi connectivity index (χ0n) is 13.1. The predicted octanol–water partition coefficient (Wildman–Crippen LogP) is 2.71. The second-order valence-electron chi connectivity index (χ2n) is 5.76. The molecule has 0 saturated carbocycles. The van der Waals surface area contributed by atoms with Gasteiger partial charge in [0.05, 0.1) is 29.8 Å². The molecule has 2 heterocycles. The Labute approximate surface area is 134 Å². The first-order valence-corrected chi connectivity index (χ1v) is 7.54. The van der Waals surface area contributed by atoms with Gasteiger partial charge in [-0.15, -0.1) is 0 Å². The summed E-state index contributed by atoms with van der Waals surface area (Å²) in [6.45, 7) is 5.17. The fraction of sp³-hybridized carbons (Fsp3) is 0.353. The SMILES string of the molecule is CC1CN(c2cc(F)c(-c3cnccn3)cc2C=O)CC(C)O1. The van der Waals surface area contributed by atoms with Gasteiger partial charge in [-0.3, -0.25) is 14.8 Å². The molecule has 1 saturated heterocycles. The van der Waals surface area contributed by atoms with Crippen LogP contribution in [0.1, 0.15) is 24.2 Å². The van der Waals surface area contributed by atoms with Gasteiger partial charge in [-0.2, -0.15) is 0 Å². The van der Waals surface area contributed by atoms with Crippen molar-refractivity contribution in [2.45, 2.75) is 26.1 Å². The molecule has 2 aromatic rings. The molecule has 1 fully saturated rings. The molecule has 1 aromatic carbocycles. The number of carbonyl (C=O) groups excluding carboxylic acids is 1. The van der Waals surface area contributed by atoms with E-state index in [1.165, 1.54) is 30.7 Å². The molecule has 2 atom stereocenters. The number of ether oxygens (including phenoxy) is 1. The lowest BCUT2D eigenvalue weighted by Gasteiger charge is -2.37. The number of carbonyl (C=O) groups is 1. The standard InChI is InChI=1S/C17H18FN3O2/c1-11-8-21(9-12(2)23-11)17-6-15(18)14(5-13(17)10-22)16-7-19-3-4-20-16/h3-7,10-12H,8-9H2,1-2H3. The minimum Gasteiger partial charge on any atom is -0.372 e. The van der Waals surface area contributed by atoms with Gasteiger partial charge < -0.3 is 9.64 Å². The quantitative estimate of drug-likeness (QED) is 0.815. The number of rotatable bonds is 3. The van der Waals surface area contributed by atoms with E-state index in [9.17, 15) is 9.18 Å². The van der Waals surface area contributed by atoms with Crippen LogP contribution in [0.25, 0.3) is 11.3 Å². The highest BCUT2D eigenvalue weighted by molar-refractivity contribution is 5.87. The lowest BCUT2D eigenvalue weighted by Crippen LogP contribution is -2.45. The van der Waals surface area contributed by atoms with E-state index in [1.54, 1.807) is 0 Å². The van der Waals surface area contributed by atoms with Crippen molar-refractivity contribution in [1.82, 2.24) is 9.97 Å².